The minimum Gasteiger partial charge on any atom is -0.352 e. The van der Waals surface area contributed by atoms with E-state index < -0.39 is 0 Å². The van der Waals surface area contributed by atoms with Gasteiger partial charge in [0, 0.05) is 12.7 Å². The number of nitrogens with one attached hydrogen (secondary N) is 2. The Bertz CT molecular complexity index is 338. The maximum atomic E-state index is 11.7. The standard InChI is InChI=1S/C10H16N4O/c1-7(2)6-13-10(15)8-4-3-5-12-9(8)14-11/h3-5,7H,6,11H2,1-2H3,(H,12,14)(H,13,15). The van der Waals surface area contributed by atoms with E-state index in [0.29, 0.717) is 23.8 Å². The first-order valence-corrected chi connectivity index (χ1v) is 4.85. The molecule has 1 aromatic heterocycles. The van der Waals surface area contributed by atoms with Crippen LogP contribution in [0.2, 0.25) is 0 Å². The van der Waals surface area contributed by atoms with Crippen molar-refractivity contribution in [3.63, 3.8) is 0 Å². The number of carbonyl (C=O) groups is 1. The Morgan fingerprint density at radius 1 is 1.60 bits per heavy atom. The van der Waals surface area contributed by atoms with Gasteiger partial charge in [0.25, 0.3) is 5.91 Å². The summed E-state index contributed by atoms with van der Waals surface area (Å²) >= 11 is 0. The van der Waals surface area contributed by atoms with Crippen LogP contribution in [0.3, 0.4) is 0 Å². The van der Waals surface area contributed by atoms with Crippen LogP contribution in [0.1, 0.15) is 24.2 Å². The van der Waals surface area contributed by atoms with Crippen LogP contribution in [0, 0.1) is 5.92 Å². The molecule has 1 heterocycles. The molecule has 15 heavy (non-hydrogen) atoms. The Morgan fingerprint density at radius 2 is 2.33 bits per heavy atom. The minimum absolute atomic E-state index is 0.162. The highest BCUT2D eigenvalue weighted by Crippen LogP contribution is 2.09. The van der Waals surface area contributed by atoms with Gasteiger partial charge in [-0.3, -0.25) is 4.79 Å². The van der Waals surface area contributed by atoms with Crippen LogP contribution in [0.25, 0.3) is 0 Å². The van der Waals surface area contributed by atoms with Gasteiger partial charge in [0.05, 0.1) is 5.56 Å². The Hall–Kier alpha value is -1.62. The Balaban J connectivity index is 2.72. The summed E-state index contributed by atoms with van der Waals surface area (Å²) in [6, 6.07) is 3.38. The average Bonchev–Trinajstić information content (AvgIpc) is 2.25. The predicted octanol–water partition coefficient (Wildman–Crippen LogP) is 0.753. The number of amides is 1. The molecule has 0 aliphatic rings. The molecule has 1 aromatic rings. The van der Waals surface area contributed by atoms with E-state index in [4.69, 9.17) is 5.84 Å². The molecule has 0 radical (unpaired) electrons. The molecule has 0 saturated heterocycles. The molecule has 5 heteroatoms. The maximum absolute atomic E-state index is 11.7. The van der Waals surface area contributed by atoms with E-state index >= 15 is 0 Å². The van der Waals surface area contributed by atoms with E-state index in [0.717, 1.165) is 0 Å². The second-order valence-corrected chi connectivity index (χ2v) is 3.65. The number of nitrogens with zero attached hydrogens (tertiary/aromatic N) is 1. The third-order valence-corrected chi connectivity index (χ3v) is 1.86. The van der Waals surface area contributed by atoms with Gasteiger partial charge < -0.3 is 10.7 Å². The highest BCUT2D eigenvalue weighted by Gasteiger charge is 2.10. The first-order valence-electron chi connectivity index (χ1n) is 4.85. The predicted molar refractivity (Wildman–Crippen MR) is 59.2 cm³/mol. The summed E-state index contributed by atoms with van der Waals surface area (Å²) in [5.41, 5.74) is 2.85. The van der Waals surface area contributed by atoms with Crippen LogP contribution in [0.4, 0.5) is 5.82 Å². The van der Waals surface area contributed by atoms with Crippen LogP contribution in [-0.2, 0) is 0 Å². The number of pyridine rings is 1. The Kier molecular flexibility index (Phi) is 4.05. The van der Waals surface area contributed by atoms with Crippen molar-refractivity contribution in [2.45, 2.75) is 13.8 Å². The number of anilines is 1. The van der Waals surface area contributed by atoms with Gasteiger partial charge in [-0.15, -0.1) is 0 Å². The average molecular weight is 208 g/mol. The van der Waals surface area contributed by atoms with Gasteiger partial charge in [-0.25, -0.2) is 10.8 Å². The van der Waals surface area contributed by atoms with Gasteiger partial charge in [0.15, 0.2) is 5.82 Å². The van der Waals surface area contributed by atoms with E-state index in [9.17, 15) is 4.79 Å². The number of carbonyl (C=O) groups excluding carboxylic acids is 1. The molecule has 0 aliphatic heterocycles. The molecule has 0 fully saturated rings. The molecular formula is C10H16N4O. The first-order chi connectivity index (χ1) is 7.15. The molecular weight excluding hydrogens is 192 g/mol. The van der Waals surface area contributed by atoms with Crippen molar-refractivity contribution in [3.8, 4) is 0 Å². The fourth-order valence-electron chi connectivity index (χ4n) is 1.10. The third kappa shape index (κ3) is 3.21. The zero-order chi connectivity index (χ0) is 11.3. The number of hydrogen-bond donors (Lipinski definition) is 3. The van der Waals surface area contributed by atoms with E-state index in [-0.39, 0.29) is 5.91 Å². The van der Waals surface area contributed by atoms with Gasteiger partial charge in [0.1, 0.15) is 0 Å². The molecule has 0 aromatic carbocycles. The molecule has 1 amide bonds. The van der Waals surface area contributed by atoms with Gasteiger partial charge in [-0.05, 0) is 18.1 Å². The van der Waals surface area contributed by atoms with Crippen molar-refractivity contribution in [1.82, 2.24) is 10.3 Å². The summed E-state index contributed by atoms with van der Waals surface area (Å²) in [7, 11) is 0. The zero-order valence-electron chi connectivity index (χ0n) is 8.95. The fourth-order valence-corrected chi connectivity index (χ4v) is 1.10. The minimum atomic E-state index is -0.162. The quantitative estimate of drug-likeness (QED) is 0.504. The molecule has 5 nitrogen and oxygen atoms in total. The third-order valence-electron chi connectivity index (χ3n) is 1.86. The lowest BCUT2D eigenvalue weighted by molar-refractivity contribution is 0.0949. The first kappa shape index (κ1) is 11.5. The summed E-state index contributed by atoms with van der Waals surface area (Å²) < 4.78 is 0. The summed E-state index contributed by atoms with van der Waals surface area (Å²) in [6.45, 7) is 4.70. The molecule has 0 spiro atoms. The normalized spacial score (nSPS) is 10.1. The largest absolute Gasteiger partial charge is 0.352 e. The second kappa shape index (κ2) is 5.31. The lowest BCUT2D eigenvalue weighted by Crippen LogP contribution is -2.28. The smallest absolute Gasteiger partial charge is 0.255 e. The molecule has 82 valence electrons. The van der Waals surface area contributed by atoms with E-state index in [1.54, 1.807) is 18.3 Å². The maximum Gasteiger partial charge on any atom is 0.255 e. The number of nitrogens with two attached hydrogens (primary N) is 1. The van der Waals surface area contributed by atoms with Crippen molar-refractivity contribution in [2.24, 2.45) is 11.8 Å². The van der Waals surface area contributed by atoms with Crippen molar-refractivity contribution < 1.29 is 4.79 Å². The van der Waals surface area contributed by atoms with Crippen LogP contribution < -0.4 is 16.6 Å². The number of hydrogen-bond acceptors (Lipinski definition) is 4. The van der Waals surface area contributed by atoms with Crippen LogP contribution in [0.15, 0.2) is 18.3 Å². The SMILES string of the molecule is CC(C)CNC(=O)c1cccnc1NN. The van der Waals surface area contributed by atoms with E-state index in [1.165, 1.54) is 0 Å². The van der Waals surface area contributed by atoms with Crippen molar-refractivity contribution in [3.05, 3.63) is 23.9 Å². The number of aromatic nitrogens is 1. The lowest BCUT2D eigenvalue weighted by atomic mass is 10.2. The molecule has 0 bridgehead atoms. The second-order valence-electron chi connectivity index (χ2n) is 3.65. The van der Waals surface area contributed by atoms with E-state index in [1.807, 2.05) is 13.8 Å². The van der Waals surface area contributed by atoms with Crippen LogP contribution >= 0.6 is 0 Å². The molecule has 1 rings (SSSR count). The zero-order valence-corrected chi connectivity index (χ0v) is 8.95. The summed E-state index contributed by atoms with van der Waals surface area (Å²) in [5.74, 6) is 5.89. The number of hydrazine groups is 1. The van der Waals surface area contributed by atoms with Crippen molar-refractivity contribution in [2.75, 3.05) is 12.0 Å². The highest BCUT2D eigenvalue weighted by molar-refractivity contribution is 5.98. The Labute approximate surface area is 89.0 Å². The van der Waals surface area contributed by atoms with Crippen molar-refractivity contribution >= 4 is 11.7 Å². The highest BCUT2D eigenvalue weighted by atomic mass is 16.1. The monoisotopic (exact) mass is 208 g/mol. The van der Waals surface area contributed by atoms with Gasteiger partial charge in [-0.2, -0.15) is 0 Å². The molecule has 0 aliphatic carbocycles. The summed E-state index contributed by atoms with van der Waals surface area (Å²) in [6.07, 6.45) is 1.58. The Morgan fingerprint density at radius 3 is 2.93 bits per heavy atom. The van der Waals surface area contributed by atoms with Gasteiger partial charge in [-0.1, -0.05) is 13.8 Å². The fraction of sp³-hybridized carbons (Fsp3) is 0.400. The van der Waals surface area contributed by atoms with Crippen LogP contribution in [-0.4, -0.2) is 17.4 Å². The number of rotatable bonds is 4. The van der Waals surface area contributed by atoms with E-state index in [2.05, 4.69) is 15.7 Å². The topological polar surface area (TPSA) is 80.0 Å². The summed E-state index contributed by atoms with van der Waals surface area (Å²) in [4.78, 5) is 15.6. The summed E-state index contributed by atoms with van der Waals surface area (Å²) in [5, 5.41) is 2.80. The number of nitrogen functional groups attached to an aromatic ring is 1. The van der Waals surface area contributed by atoms with Gasteiger partial charge >= 0.3 is 0 Å². The molecule has 0 saturated carbocycles. The van der Waals surface area contributed by atoms with Crippen molar-refractivity contribution in [1.29, 1.82) is 0 Å². The van der Waals surface area contributed by atoms with Crippen LogP contribution in [0.5, 0.6) is 0 Å². The van der Waals surface area contributed by atoms with Gasteiger partial charge in [0.2, 0.25) is 0 Å². The lowest BCUT2D eigenvalue weighted by Gasteiger charge is -2.09. The molecule has 4 N–H and O–H groups in total. The molecule has 0 atom stereocenters. The molecule has 0 unspecified atom stereocenters.